The number of aromatic carboxylic acids is 1. The summed E-state index contributed by atoms with van der Waals surface area (Å²) in [6.45, 7) is 6.08. The molecule has 1 aliphatic rings. The zero-order valence-corrected chi connectivity index (χ0v) is 14.3. The van der Waals surface area contributed by atoms with Gasteiger partial charge in [-0.3, -0.25) is 14.4 Å². The number of aryl methyl sites for hydroxylation is 1. The van der Waals surface area contributed by atoms with Gasteiger partial charge in [-0.2, -0.15) is 5.10 Å². The smallest absolute Gasteiger partial charge is 0.338 e. The number of amides is 1. The molecule has 1 saturated heterocycles. The van der Waals surface area contributed by atoms with E-state index in [0.29, 0.717) is 13.1 Å². The summed E-state index contributed by atoms with van der Waals surface area (Å²) >= 11 is 0. The Balaban J connectivity index is 1.49. The Hall–Kier alpha value is -2.67. The molecular formula is C18H22N4O3. The highest BCUT2D eigenvalue weighted by Gasteiger charge is 2.21. The molecule has 0 radical (unpaired) electrons. The first-order valence-corrected chi connectivity index (χ1v) is 8.33. The molecule has 0 saturated carbocycles. The normalized spacial score (nSPS) is 15.3. The molecule has 1 aromatic heterocycles. The maximum atomic E-state index is 12.4. The second-order valence-electron chi connectivity index (χ2n) is 6.38. The Kier molecular flexibility index (Phi) is 5.14. The Morgan fingerprint density at radius 1 is 1.20 bits per heavy atom. The van der Waals surface area contributed by atoms with Crippen LogP contribution in [-0.4, -0.2) is 62.7 Å². The molecule has 2 heterocycles. The van der Waals surface area contributed by atoms with Crippen molar-refractivity contribution in [2.24, 2.45) is 0 Å². The molecule has 0 aliphatic carbocycles. The van der Waals surface area contributed by atoms with E-state index < -0.39 is 5.97 Å². The quantitative estimate of drug-likeness (QED) is 0.884. The topological polar surface area (TPSA) is 78.7 Å². The first kappa shape index (κ1) is 17.2. The van der Waals surface area contributed by atoms with Gasteiger partial charge in [-0.05, 0) is 12.5 Å². The van der Waals surface area contributed by atoms with Gasteiger partial charge < -0.3 is 10.0 Å². The number of hydrogen-bond acceptors (Lipinski definition) is 4. The summed E-state index contributed by atoms with van der Waals surface area (Å²) in [5.74, 6) is -1.07. The van der Waals surface area contributed by atoms with Crippen molar-refractivity contribution in [3.63, 3.8) is 0 Å². The molecule has 1 aliphatic heterocycles. The van der Waals surface area contributed by atoms with Gasteiger partial charge in [-0.1, -0.05) is 29.8 Å². The van der Waals surface area contributed by atoms with Gasteiger partial charge in [0.2, 0.25) is 5.91 Å². The Bertz CT molecular complexity index is 763. The molecule has 7 heteroatoms. The van der Waals surface area contributed by atoms with E-state index in [4.69, 9.17) is 5.11 Å². The lowest BCUT2D eigenvalue weighted by Gasteiger charge is -2.34. The number of carbonyl (C=O) groups is 2. The van der Waals surface area contributed by atoms with Gasteiger partial charge in [0.05, 0.1) is 11.8 Å². The summed E-state index contributed by atoms with van der Waals surface area (Å²) in [5.41, 5.74) is 2.64. The van der Waals surface area contributed by atoms with Crippen LogP contribution in [0.4, 0.5) is 0 Å². The summed E-state index contributed by atoms with van der Waals surface area (Å²) in [6, 6.07) is 8.47. The molecule has 2 aromatic rings. The molecule has 3 rings (SSSR count). The third-order valence-corrected chi connectivity index (χ3v) is 4.39. The lowest BCUT2D eigenvalue weighted by Crippen LogP contribution is -2.49. The molecule has 0 unspecified atom stereocenters. The first-order valence-electron chi connectivity index (χ1n) is 8.33. The van der Waals surface area contributed by atoms with E-state index in [-0.39, 0.29) is 18.0 Å². The number of carboxylic acids is 1. The van der Waals surface area contributed by atoms with Gasteiger partial charge in [-0.15, -0.1) is 0 Å². The fraction of sp³-hybridized carbons (Fsp3) is 0.389. The minimum Gasteiger partial charge on any atom is -0.478 e. The minimum atomic E-state index is -1.04. The fourth-order valence-electron chi connectivity index (χ4n) is 3.02. The summed E-state index contributed by atoms with van der Waals surface area (Å²) in [4.78, 5) is 27.4. The molecule has 1 fully saturated rings. The minimum absolute atomic E-state index is 0.0322. The van der Waals surface area contributed by atoms with E-state index in [0.717, 1.165) is 19.6 Å². The summed E-state index contributed by atoms with van der Waals surface area (Å²) < 4.78 is 1.38. The number of aromatic nitrogens is 2. The second kappa shape index (κ2) is 7.48. The van der Waals surface area contributed by atoms with Crippen LogP contribution < -0.4 is 0 Å². The highest BCUT2D eigenvalue weighted by molar-refractivity contribution is 5.87. The predicted octanol–water partition coefficient (Wildman–Crippen LogP) is 1.23. The number of carboxylic acid groups (broad SMARTS) is 1. The standard InChI is InChI=1S/C18H22N4O3/c1-14-3-2-4-15(9-14)11-20-5-7-21(8-6-20)17(23)13-22-12-16(10-19-22)18(24)25/h2-4,9-10,12H,5-8,11,13H2,1H3,(H,24,25). The number of hydrogen-bond donors (Lipinski definition) is 1. The predicted molar refractivity (Wildman–Crippen MR) is 92.2 cm³/mol. The van der Waals surface area contributed by atoms with Crippen molar-refractivity contribution in [2.45, 2.75) is 20.0 Å². The molecule has 1 N–H and O–H groups in total. The zero-order valence-electron chi connectivity index (χ0n) is 14.3. The van der Waals surface area contributed by atoms with Gasteiger partial charge in [0.1, 0.15) is 6.54 Å². The van der Waals surface area contributed by atoms with Gasteiger partial charge in [0.25, 0.3) is 0 Å². The summed E-state index contributed by atoms with van der Waals surface area (Å²) in [5, 5.41) is 12.8. The third-order valence-electron chi connectivity index (χ3n) is 4.39. The molecule has 132 valence electrons. The van der Waals surface area contributed by atoms with Gasteiger partial charge in [-0.25, -0.2) is 4.79 Å². The van der Waals surface area contributed by atoms with E-state index in [1.165, 1.54) is 28.2 Å². The average molecular weight is 342 g/mol. The number of rotatable bonds is 5. The largest absolute Gasteiger partial charge is 0.478 e. The lowest BCUT2D eigenvalue weighted by molar-refractivity contribution is -0.133. The van der Waals surface area contributed by atoms with Crippen LogP contribution in [0.5, 0.6) is 0 Å². The van der Waals surface area contributed by atoms with E-state index in [9.17, 15) is 9.59 Å². The Labute approximate surface area is 146 Å². The van der Waals surface area contributed by atoms with E-state index >= 15 is 0 Å². The number of nitrogens with zero attached hydrogens (tertiary/aromatic N) is 4. The molecule has 25 heavy (non-hydrogen) atoms. The van der Waals surface area contributed by atoms with Crippen LogP contribution in [0.25, 0.3) is 0 Å². The summed E-state index contributed by atoms with van der Waals surface area (Å²) in [6.07, 6.45) is 2.64. The van der Waals surface area contributed by atoms with Gasteiger partial charge in [0.15, 0.2) is 0 Å². The van der Waals surface area contributed by atoms with E-state index in [1.54, 1.807) is 0 Å². The maximum absolute atomic E-state index is 12.4. The molecular weight excluding hydrogens is 320 g/mol. The van der Waals surface area contributed by atoms with Crippen molar-refractivity contribution >= 4 is 11.9 Å². The van der Waals surface area contributed by atoms with Crippen molar-refractivity contribution in [3.05, 3.63) is 53.3 Å². The third kappa shape index (κ3) is 4.45. The van der Waals surface area contributed by atoms with Crippen molar-refractivity contribution < 1.29 is 14.7 Å². The molecule has 1 aromatic carbocycles. The highest BCUT2D eigenvalue weighted by atomic mass is 16.4. The fourth-order valence-corrected chi connectivity index (χ4v) is 3.02. The van der Waals surface area contributed by atoms with Gasteiger partial charge >= 0.3 is 5.97 Å². The monoisotopic (exact) mass is 342 g/mol. The zero-order chi connectivity index (χ0) is 17.8. The van der Waals surface area contributed by atoms with Crippen molar-refractivity contribution in [1.29, 1.82) is 0 Å². The molecule has 0 atom stereocenters. The SMILES string of the molecule is Cc1cccc(CN2CCN(C(=O)Cn3cc(C(=O)O)cn3)CC2)c1. The molecule has 0 spiro atoms. The van der Waals surface area contributed by atoms with Crippen LogP contribution in [0.1, 0.15) is 21.5 Å². The van der Waals surface area contributed by atoms with E-state index in [1.807, 2.05) is 4.90 Å². The van der Waals surface area contributed by atoms with Crippen LogP contribution >= 0.6 is 0 Å². The van der Waals surface area contributed by atoms with Crippen molar-refractivity contribution in [2.75, 3.05) is 26.2 Å². The van der Waals surface area contributed by atoms with Gasteiger partial charge in [0, 0.05) is 38.9 Å². The number of piperazine rings is 1. The van der Waals surface area contributed by atoms with Crippen LogP contribution in [0, 0.1) is 6.92 Å². The second-order valence-corrected chi connectivity index (χ2v) is 6.38. The van der Waals surface area contributed by atoms with Crippen LogP contribution in [0.2, 0.25) is 0 Å². The van der Waals surface area contributed by atoms with Crippen molar-refractivity contribution in [1.82, 2.24) is 19.6 Å². The van der Waals surface area contributed by atoms with E-state index in [2.05, 4.69) is 41.2 Å². The van der Waals surface area contributed by atoms with Crippen LogP contribution in [0.15, 0.2) is 36.7 Å². The van der Waals surface area contributed by atoms with Crippen molar-refractivity contribution in [3.8, 4) is 0 Å². The van der Waals surface area contributed by atoms with Crippen LogP contribution in [0.3, 0.4) is 0 Å². The molecule has 0 bridgehead atoms. The first-order chi connectivity index (χ1) is 12.0. The Morgan fingerprint density at radius 2 is 1.96 bits per heavy atom. The molecule has 7 nitrogen and oxygen atoms in total. The Morgan fingerprint density at radius 3 is 2.60 bits per heavy atom. The number of carbonyl (C=O) groups excluding carboxylic acids is 1. The average Bonchev–Trinajstić information content (AvgIpc) is 3.04. The van der Waals surface area contributed by atoms with Crippen LogP contribution in [-0.2, 0) is 17.9 Å². The maximum Gasteiger partial charge on any atom is 0.338 e. The highest BCUT2D eigenvalue weighted by Crippen LogP contribution is 2.11. The molecule has 1 amide bonds. The lowest BCUT2D eigenvalue weighted by atomic mass is 10.1. The summed E-state index contributed by atoms with van der Waals surface area (Å²) in [7, 11) is 0. The number of benzene rings is 1.